The highest BCUT2D eigenvalue weighted by Gasteiger charge is 2.16. The molecule has 1 aliphatic heterocycles. The van der Waals surface area contributed by atoms with Crippen LogP contribution in [0, 0.1) is 0 Å². The first-order valence-corrected chi connectivity index (χ1v) is 7.29. The van der Waals surface area contributed by atoms with Gasteiger partial charge in [0, 0.05) is 25.4 Å². The molecular weight excluding hydrogens is 244 g/mol. The van der Waals surface area contributed by atoms with E-state index in [2.05, 4.69) is 15.4 Å². The van der Waals surface area contributed by atoms with E-state index >= 15 is 0 Å². The van der Waals surface area contributed by atoms with Crippen LogP contribution in [0.15, 0.2) is 0 Å². The fourth-order valence-electron chi connectivity index (χ4n) is 2.30. The molecule has 0 bridgehead atoms. The second-order valence-electron chi connectivity index (χ2n) is 5.09. The summed E-state index contributed by atoms with van der Waals surface area (Å²) in [5, 5.41) is 6.27. The molecule has 1 aliphatic rings. The zero-order chi connectivity index (χ0) is 13.9. The van der Waals surface area contributed by atoms with Crippen LogP contribution in [-0.2, 0) is 14.3 Å². The third kappa shape index (κ3) is 7.82. The van der Waals surface area contributed by atoms with Crippen molar-refractivity contribution >= 4 is 11.9 Å². The molecule has 0 aromatic carbocycles. The molecule has 0 radical (unpaired) electrons. The van der Waals surface area contributed by atoms with Crippen LogP contribution in [0.4, 0.5) is 0 Å². The second kappa shape index (κ2) is 9.78. The minimum atomic E-state index is -0.141. The number of ether oxygens (including phenoxy) is 1. The largest absolute Gasteiger partial charge is 0.469 e. The Morgan fingerprint density at radius 3 is 2.74 bits per heavy atom. The first-order chi connectivity index (χ1) is 9.22. The summed E-state index contributed by atoms with van der Waals surface area (Å²) in [6, 6.07) is 0.375. The van der Waals surface area contributed by atoms with Gasteiger partial charge in [-0.15, -0.1) is 0 Å². The third-order valence-electron chi connectivity index (χ3n) is 3.45. The fourth-order valence-corrected chi connectivity index (χ4v) is 2.30. The topological polar surface area (TPSA) is 67.4 Å². The summed E-state index contributed by atoms with van der Waals surface area (Å²) in [6.45, 7) is 1.78. The highest BCUT2D eigenvalue weighted by Crippen LogP contribution is 2.08. The lowest BCUT2D eigenvalue weighted by molar-refractivity contribution is -0.140. The Balaban J connectivity index is 1.87. The van der Waals surface area contributed by atoms with Gasteiger partial charge in [-0.1, -0.05) is 12.8 Å². The Kier molecular flexibility index (Phi) is 8.21. The predicted octanol–water partition coefficient (Wildman–Crippen LogP) is 1.37. The van der Waals surface area contributed by atoms with Crippen LogP contribution in [0.1, 0.15) is 51.4 Å². The maximum atomic E-state index is 11.6. The number of rotatable bonds is 9. The number of hydrogen-bond donors (Lipinski definition) is 2. The molecule has 110 valence electrons. The molecule has 1 unspecified atom stereocenters. The summed E-state index contributed by atoms with van der Waals surface area (Å²) in [4.78, 5) is 22.5. The van der Waals surface area contributed by atoms with Crippen molar-refractivity contribution in [1.82, 2.24) is 10.6 Å². The molecule has 19 heavy (non-hydrogen) atoms. The van der Waals surface area contributed by atoms with Gasteiger partial charge in [0.15, 0.2) is 0 Å². The molecule has 0 aromatic heterocycles. The Bertz CT molecular complexity index is 276. The lowest BCUT2D eigenvalue weighted by Crippen LogP contribution is -2.32. The number of carbonyl (C=O) groups is 2. The molecule has 0 saturated carbocycles. The molecular formula is C14H26N2O3. The quantitative estimate of drug-likeness (QED) is 0.490. The number of nitrogens with one attached hydrogen (secondary N) is 2. The van der Waals surface area contributed by atoms with Crippen LogP contribution in [0.2, 0.25) is 0 Å². The summed E-state index contributed by atoms with van der Waals surface area (Å²) in [7, 11) is 1.41. The first kappa shape index (κ1) is 16.0. The highest BCUT2D eigenvalue weighted by atomic mass is 16.5. The molecule has 5 heteroatoms. The molecule has 1 fully saturated rings. The van der Waals surface area contributed by atoms with E-state index in [4.69, 9.17) is 0 Å². The van der Waals surface area contributed by atoms with Gasteiger partial charge < -0.3 is 15.4 Å². The number of carbonyl (C=O) groups excluding carboxylic acids is 2. The summed E-state index contributed by atoms with van der Waals surface area (Å²) in [5.74, 6) is 0.00586. The lowest BCUT2D eigenvalue weighted by atomic mass is 10.1. The first-order valence-electron chi connectivity index (χ1n) is 7.29. The molecule has 1 saturated heterocycles. The predicted molar refractivity (Wildman–Crippen MR) is 73.8 cm³/mol. The highest BCUT2D eigenvalue weighted by molar-refractivity contribution is 5.76. The third-order valence-corrected chi connectivity index (χ3v) is 3.45. The van der Waals surface area contributed by atoms with Crippen molar-refractivity contribution in [3.8, 4) is 0 Å². The fraction of sp³-hybridized carbons (Fsp3) is 0.857. The molecule has 2 N–H and O–H groups in total. The van der Waals surface area contributed by atoms with Crippen LogP contribution < -0.4 is 10.6 Å². The van der Waals surface area contributed by atoms with Crippen LogP contribution in [0.3, 0.4) is 0 Å². The van der Waals surface area contributed by atoms with Gasteiger partial charge in [0.2, 0.25) is 5.91 Å². The van der Waals surface area contributed by atoms with Crippen LogP contribution >= 0.6 is 0 Å². The van der Waals surface area contributed by atoms with E-state index < -0.39 is 0 Å². The minimum absolute atomic E-state index is 0.141. The van der Waals surface area contributed by atoms with E-state index in [1.165, 1.54) is 13.5 Å². The number of esters is 1. The van der Waals surface area contributed by atoms with Gasteiger partial charge in [-0.25, -0.2) is 0 Å². The molecule has 5 nitrogen and oxygen atoms in total. The van der Waals surface area contributed by atoms with Gasteiger partial charge >= 0.3 is 5.97 Å². The van der Waals surface area contributed by atoms with Crippen molar-refractivity contribution in [2.24, 2.45) is 0 Å². The van der Waals surface area contributed by atoms with E-state index in [1.807, 2.05) is 0 Å². The molecule has 1 amide bonds. The van der Waals surface area contributed by atoms with E-state index in [9.17, 15) is 9.59 Å². The average Bonchev–Trinajstić information content (AvgIpc) is 2.90. The van der Waals surface area contributed by atoms with Crippen LogP contribution in [-0.4, -0.2) is 38.1 Å². The van der Waals surface area contributed by atoms with Gasteiger partial charge in [0.25, 0.3) is 0 Å². The van der Waals surface area contributed by atoms with Crippen molar-refractivity contribution in [2.45, 2.75) is 57.4 Å². The van der Waals surface area contributed by atoms with Gasteiger partial charge in [-0.3, -0.25) is 9.59 Å². The lowest BCUT2D eigenvalue weighted by Gasteiger charge is -2.10. The van der Waals surface area contributed by atoms with Gasteiger partial charge in [0.05, 0.1) is 7.11 Å². The SMILES string of the molecule is COC(=O)CCCCCCNC(=O)CC1CCCN1. The van der Waals surface area contributed by atoms with E-state index in [0.717, 1.165) is 45.2 Å². The molecule has 1 heterocycles. The van der Waals surface area contributed by atoms with Gasteiger partial charge in [0.1, 0.15) is 0 Å². The zero-order valence-corrected chi connectivity index (χ0v) is 11.9. The van der Waals surface area contributed by atoms with Crippen molar-refractivity contribution in [3.63, 3.8) is 0 Å². The minimum Gasteiger partial charge on any atom is -0.469 e. The maximum Gasteiger partial charge on any atom is 0.305 e. The number of hydrogen-bond acceptors (Lipinski definition) is 4. The Morgan fingerprint density at radius 2 is 2.05 bits per heavy atom. The average molecular weight is 270 g/mol. The Labute approximate surface area is 115 Å². The number of methoxy groups -OCH3 is 1. The Hall–Kier alpha value is -1.10. The van der Waals surface area contributed by atoms with Crippen molar-refractivity contribution < 1.29 is 14.3 Å². The maximum absolute atomic E-state index is 11.6. The zero-order valence-electron chi connectivity index (χ0n) is 11.9. The molecule has 1 atom stereocenters. The van der Waals surface area contributed by atoms with Gasteiger partial charge in [-0.2, -0.15) is 0 Å². The van der Waals surface area contributed by atoms with Crippen molar-refractivity contribution in [3.05, 3.63) is 0 Å². The van der Waals surface area contributed by atoms with E-state index in [1.54, 1.807) is 0 Å². The van der Waals surface area contributed by atoms with E-state index in [0.29, 0.717) is 18.9 Å². The monoisotopic (exact) mass is 270 g/mol. The van der Waals surface area contributed by atoms with Crippen LogP contribution in [0.5, 0.6) is 0 Å². The summed E-state index contributed by atoms with van der Waals surface area (Å²) in [6.07, 6.45) is 7.28. The van der Waals surface area contributed by atoms with Gasteiger partial charge in [-0.05, 0) is 32.2 Å². The molecule has 0 spiro atoms. The summed E-state index contributed by atoms with van der Waals surface area (Å²) in [5.41, 5.74) is 0. The van der Waals surface area contributed by atoms with Crippen LogP contribution in [0.25, 0.3) is 0 Å². The summed E-state index contributed by atoms with van der Waals surface area (Å²) < 4.78 is 4.57. The smallest absolute Gasteiger partial charge is 0.305 e. The normalized spacial score (nSPS) is 18.3. The molecule has 0 aromatic rings. The number of amides is 1. The number of unbranched alkanes of at least 4 members (excludes halogenated alkanes) is 3. The molecule has 0 aliphatic carbocycles. The summed E-state index contributed by atoms with van der Waals surface area (Å²) >= 11 is 0. The molecule has 1 rings (SSSR count). The van der Waals surface area contributed by atoms with E-state index in [-0.39, 0.29) is 11.9 Å². The van der Waals surface area contributed by atoms with Crippen molar-refractivity contribution in [1.29, 1.82) is 0 Å². The Morgan fingerprint density at radius 1 is 1.26 bits per heavy atom. The van der Waals surface area contributed by atoms with Crippen molar-refractivity contribution in [2.75, 3.05) is 20.2 Å². The standard InChI is InChI=1S/C14H26N2O3/c1-19-14(18)8-4-2-3-5-9-16-13(17)11-12-7-6-10-15-12/h12,15H,2-11H2,1H3,(H,16,17). The second-order valence-corrected chi connectivity index (χ2v) is 5.09.